The van der Waals surface area contributed by atoms with Crippen LogP contribution in [0.1, 0.15) is 18.4 Å². The van der Waals surface area contributed by atoms with Crippen molar-refractivity contribution in [1.29, 1.82) is 0 Å². The van der Waals surface area contributed by atoms with Gasteiger partial charge >= 0.3 is 0 Å². The molecule has 0 unspecified atom stereocenters. The topological polar surface area (TPSA) is 35.6 Å². The quantitative estimate of drug-likeness (QED) is 0.681. The maximum atomic E-state index is 12.4. The Morgan fingerprint density at radius 3 is 2.63 bits per heavy atom. The lowest BCUT2D eigenvalue weighted by Gasteiger charge is -2.18. The molecular weight excluding hydrogens is 354 g/mol. The highest BCUT2D eigenvalue weighted by atomic mass is 32.1. The molecule has 0 atom stereocenters. The summed E-state index contributed by atoms with van der Waals surface area (Å²) in [4.78, 5) is 16.8. The molecule has 0 radical (unpaired) electrons. The van der Waals surface area contributed by atoms with Crippen LogP contribution in [0.5, 0.6) is 0 Å². The van der Waals surface area contributed by atoms with E-state index in [2.05, 4.69) is 56.9 Å². The summed E-state index contributed by atoms with van der Waals surface area (Å²) >= 11 is 1.76. The fraction of sp³-hybridized carbons (Fsp3) is 0.318. The number of carbonyl (C=O) groups excluding carboxylic acids is 1. The molecule has 1 fully saturated rings. The number of amides is 1. The number of anilines is 2. The Balaban J connectivity index is 1.32. The highest BCUT2D eigenvalue weighted by molar-refractivity contribution is 7.17. The third-order valence-corrected chi connectivity index (χ3v) is 6.05. The molecule has 1 saturated heterocycles. The number of nitrogens with one attached hydrogen (secondary N) is 1. The van der Waals surface area contributed by atoms with Crippen LogP contribution in [0.15, 0.2) is 53.9 Å². The van der Waals surface area contributed by atoms with Gasteiger partial charge in [-0.05, 0) is 66.6 Å². The van der Waals surface area contributed by atoms with Gasteiger partial charge in [-0.25, -0.2) is 0 Å². The first-order valence-electron chi connectivity index (χ1n) is 9.47. The van der Waals surface area contributed by atoms with Crippen LogP contribution >= 0.6 is 11.3 Å². The molecule has 0 bridgehead atoms. The maximum absolute atomic E-state index is 12.4. The van der Waals surface area contributed by atoms with Crippen LogP contribution < -0.4 is 10.2 Å². The number of likely N-dealkylation sites (N-methyl/N-ethyl adjacent to an activating group) is 1. The number of benzene rings is 2. The zero-order chi connectivity index (χ0) is 18.6. The van der Waals surface area contributed by atoms with Gasteiger partial charge in [0.2, 0.25) is 5.91 Å². The number of fused-ring (bicyclic) bond motifs is 1. The first kappa shape index (κ1) is 18.0. The first-order valence-corrected chi connectivity index (χ1v) is 10.4. The average Bonchev–Trinajstić information content (AvgIpc) is 3.33. The molecule has 5 heteroatoms. The monoisotopic (exact) mass is 379 g/mol. The van der Waals surface area contributed by atoms with E-state index in [0.29, 0.717) is 6.54 Å². The SMILES string of the molecule is CN(CC(=O)Nc1ccc(N2CCCC2)cc1)Cc1csc2ccccc12. The van der Waals surface area contributed by atoms with Crippen LogP contribution in [-0.2, 0) is 11.3 Å². The van der Waals surface area contributed by atoms with Gasteiger partial charge in [-0.15, -0.1) is 11.3 Å². The molecule has 0 saturated carbocycles. The Kier molecular flexibility index (Phi) is 5.41. The Labute approximate surface area is 164 Å². The van der Waals surface area contributed by atoms with Crippen molar-refractivity contribution in [2.45, 2.75) is 19.4 Å². The van der Waals surface area contributed by atoms with E-state index in [0.717, 1.165) is 25.3 Å². The van der Waals surface area contributed by atoms with Crippen molar-refractivity contribution in [2.24, 2.45) is 0 Å². The lowest BCUT2D eigenvalue weighted by Crippen LogP contribution is -2.29. The summed E-state index contributed by atoms with van der Waals surface area (Å²) in [6, 6.07) is 16.6. The van der Waals surface area contributed by atoms with E-state index in [-0.39, 0.29) is 5.91 Å². The Bertz CT molecular complexity index is 913. The van der Waals surface area contributed by atoms with Gasteiger partial charge in [0.15, 0.2) is 0 Å². The number of nitrogens with zero attached hydrogens (tertiary/aromatic N) is 2. The van der Waals surface area contributed by atoms with Crippen molar-refractivity contribution < 1.29 is 4.79 Å². The molecule has 27 heavy (non-hydrogen) atoms. The van der Waals surface area contributed by atoms with Gasteiger partial charge in [0.05, 0.1) is 6.54 Å². The number of rotatable bonds is 6. The molecule has 1 N–H and O–H groups in total. The molecule has 2 aromatic carbocycles. The van der Waals surface area contributed by atoms with Crippen molar-refractivity contribution in [3.8, 4) is 0 Å². The minimum atomic E-state index is 0.0194. The zero-order valence-electron chi connectivity index (χ0n) is 15.6. The molecule has 3 aromatic rings. The van der Waals surface area contributed by atoms with Crippen molar-refractivity contribution >= 4 is 38.7 Å². The minimum absolute atomic E-state index is 0.0194. The second-order valence-electron chi connectivity index (χ2n) is 7.22. The molecule has 1 amide bonds. The summed E-state index contributed by atoms with van der Waals surface area (Å²) in [7, 11) is 1.99. The van der Waals surface area contributed by atoms with Crippen LogP contribution in [0.2, 0.25) is 0 Å². The van der Waals surface area contributed by atoms with Gasteiger partial charge in [0.1, 0.15) is 0 Å². The average molecular weight is 380 g/mol. The largest absolute Gasteiger partial charge is 0.372 e. The Hall–Kier alpha value is -2.37. The van der Waals surface area contributed by atoms with Crippen LogP contribution in [0.3, 0.4) is 0 Å². The summed E-state index contributed by atoms with van der Waals surface area (Å²) in [6.07, 6.45) is 2.54. The molecule has 4 nitrogen and oxygen atoms in total. The molecule has 1 aromatic heterocycles. The third-order valence-electron chi connectivity index (χ3n) is 5.04. The first-order chi connectivity index (χ1) is 13.2. The minimum Gasteiger partial charge on any atom is -0.372 e. The molecule has 1 aliphatic heterocycles. The number of carbonyl (C=O) groups is 1. The fourth-order valence-corrected chi connectivity index (χ4v) is 4.63. The number of thiophene rings is 1. The molecule has 1 aliphatic rings. The van der Waals surface area contributed by atoms with E-state index in [1.54, 1.807) is 11.3 Å². The van der Waals surface area contributed by atoms with Gasteiger partial charge in [-0.3, -0.25) is 9.69 Å². The number of hydrogen-bond acceptors (Lipinski definition) is 4. The highest BCUT2D eigenvalue weighted by Gasteiger charge is 2.13. The van der Waals surface area contributed by atoms with Gasteiger partial charge in [-0.1, -0.05) is 18.2 Å². The maximum Gasteiger partial charge on any atom is 0.238 e. The van der Waals surface area contributed by atoms with E-state index in [9.17, 15) is 4.79 Å². The Morgan fingerprint density at radius 1 is 1.11 bits per heavy atom. The normalized spacial score (nSPS) is 14.2. The van der Waals surface area contributed by atoms with Crippen molar-refractivity contribution in [3.05, 3.63) is 59.5 Å². The fourth-order valence-electron chi connectivity index (χ4n) is 3.68. The molecular formula is C22H25N3OS. The lowest BCUT2D eigenvalue weighted by atomic mass is 10.2. The van der Waals surface area contributed by atoms with Crippen molar-refractivity contribution in [1.82, 2.24) is 4.90 Å². The van der Waals surface area contributed by atoms with E-state index < -0.39 is 0 Å². The van der Waals surface area contributed by atoms with Gasteiger partial charge in [-0.2, -0.15) is 0 Å². The smallest absolute Gasteiger partial charge is 0.238 e. The van der Waals surface area contributed by atoms with Crippen LogP contribution in [-0.4, -0.2) is 37.5 Å². The highest BCUT2D eigenvalue weighted by Crippen LogP contribution is 2.26. The predicted octanol–water partition coefficient (Wildman–Crippen LogP) is 4.57. The molecule has 2 heterocycles. The third kappa shape index (κ3) is 4.31. The van der Waals surface area contributed by atoms with E-state index in [1.165, 1.54) is 34.2 Å². The van der Waals surface area contributed by atoms with Crippen LogP contribution in [0, 0.1) is 0 Å². The summed E-state index contributed by atoms with van der Waals surface area (Å²) in [6.45, 7) is 3.41. The summed E-state index contributed by atoms with van der Waals surface area (Å²) < 4.78 is 1.29. The molecule has 140 valence electrons. The second kappa shape index (κ2) is 8.11. The zero-order valence-corrected chi connectivity index (χ0v) is 16.5. The van der Waals surface area contributed by atoms with E-state index in [1.807, 2.05) is 19.2 Å². The number of hydrogen-bond donors (Lipinski definition) is 1. The lowest BCUT2D eigenvalue weighted by molar-refractivity contribution is -0.117. The van der Waals surface area contributed by atoms with E-state index in [4.69, 9.17) is 0 Å². The molecule has 0 aliphatic carbocycles. The van der Waals surface area contributed by atoms with Crippen LogP contribution in [0.4, 0.5) is 11.4 Å². The van der Waals surface area contributed by atoms with Gasteiger partial charge < -0.3 is 10.2 Å². The predicted molar refractivity (Wildman–Crippen MR) is 115 cm³/mol. The van der Waals surface area contributed by atoms with Gasteiger partial charge in [0.25, 0.3) is 0 Å². The Morgan fingerprint density at radius 2 is 1.85 bits per heavy atom. The van der Waals surface area contributed by atoms with Crippen molar-refractivity contribution in [3.63, 3.8) is 0 Å². The van der Waals surface area contributed by atoms with Crippen molar-refractivity contribution in [2.75, 3.05) is 36.9 Å². The van der Waals surface area contributed by atoms with Crippen LogP contribution in [0.25, 0.3) is 10.1 Å². The summed E-state index contributed by atoms with van der Waals surface area (Å²) in [5.74, 6) is 0.0194. The summed E-state index contributed by atoms with van der Waals surface area (Å²) in [5, 5.41) is 6.49. The van der Waals surface area contributed by atoms with E-state index >= 15 is 0 Å². The molecule has 4 rings (SSSR count). The molecule has 0 spiro atoms. The van der Waals surface area contributed by atoms with Gasteiger partial charge in [0, 0.05) is 35.7 Å². The summed E-state index contributed by atoms with van der Waals surface area (Å²) in [5.41, 5.74) is 3.38. The second-order valence-corrected chi connectivity index (χ2v) is 8.13. The standard InChI is InChI=1S/C22H25N3OS/c1-24(14-17-16-27-21-7-3-2-6-20(17)21)15-22(26)23-18-8-10-19(11-9-18)25-12-4-5-13-25/h2-3,6-11,16H,4-5,12-15H2,1H3,(H,23,26).